The van der Waals surface area contributed by atoms with Gasteiger partial charge in [0.25, 0.3) is 10.0 Å². The van der Waals surface area contributed by atoms with Crippen LogP contribution in [0.1, 0.15) is 5.69 Å². The van der Waals surface area contributed by atoms with Crippen molar-refractivity contribution in [3.05, 3.63) is 72.4 Å². The maximum atomic E-state index is 13.0. The second kappa shape index (κ2) is 7.08. The lowest BCUT2D eigenvalue weighted by atomic mass is 10.3. The number of sulfonamides is 1. The Hall–Kier alpha value is -2.64. The van der Waals surface area contributed by atoms with Crippen LogP contribution in [0.2, 0.25) is 0 Å². The molecule has 0 saturated carbocycles. The Morgan fingerprint density at radius 3 is 2.24 bits per heavy atom. The van der Waals surface area contributed by atoms with Crippen molar-refractivity contribution in [1.82, 2.24) is 15.1 Å². The summed E-state index contributed by atoms with van der Waals surface area (Å²) >= 11 is 0. The van der Waals surface area contributed by atoms with Crippen LogP contribution in [0, 0.1) is 0 Å². The van der Waals surface area contributed by atoms with Crippen LogP contribution in [0.25, 0.3) is 5.69 Å². The van der Waals surface area contributed by atoms with Gasteiger partial charge in [0.15, 0.2) is 0 Å². The van der Waals surface area contributed by atoms with Crippen molar-refractivity contribution < 1.29 is 8.42 Å². The van der Waals surface area contributed by atoms with Gasteiger partial charge in [0.2, 0.25) is 0 Å². The Labute approximate surface area is 147 Å². The number of para-hydroxylation sites is 1. The average Bonchev–Trinajstić information content (AvgIpc) is 3.06. The van der Waals surface area contributed by atoms with Gasteiger partial charge in [-0.25, -0.2) is 13.1 Å². The predicted octanol–water partition coefficient (Wildman–Crippen LogP) is 2.42. The number of nitrogens with one attached hydrogen (secondary N) is 1. The largest absolute Gasteiger partial charge is 0.314 e. The minimum atomic E-state index is -3.67. The number of anilines is 1. The molecule has 0 aliphatic carbocycles. The van der Waals surface area contributed by atoms with E-state index in [0.717, 1.165) is 11.4 Å². The number of benzene rings is 2. The molecule has 0 bridgehead atoms. The maximum Gasteiger partial charge on any atom is 0.265 e. The predicted molar refractivity (Wildman–Crippen MR) is 98.4 cm³/mol. The van der Waals surface area contributed by atoms with Crippen LogP contribution in [0.4, 0.5) is 5.82 Å². The molecule has 0 fully saturated rings. The van der Waals surface area contributed by atoms with Crippen LogP contribution in [0.15, 0.2) is 71.6 Å². The van der Waals surface area contributed by atoms with Gasteiger partial charge in [0, 0.05) is 19.7 Å². The standard InChI is InChI=1S/C18H20N4O2S/c1-19-14-15-13-18(22(20-15)16-9-5-3-6-10-16)21(2)25(23,24)17-11-7-4-8-12-17/h3-13,19H,14H2,1-2H3. The van der Waals surface area contributed by atoms with Crippen LogP contribution in [-0.2, 0) is 16.6 Å². The quantitative estimate of drug-likeness (QED) is 0.737. The summed E-state index contributed by atoms with van der Waals surface area (Å²) in [4.78, 5) is 0.244. The van der Waals surface area contributed by atoms with Crippen molar-refractivity contribution in [1.29, 1.82) is 0 Å². The summed E-state index contributed by atoms with van der Waals surface area (Å²) in [6.07, 6.45) is 0. The molecule has 0 radical (unpaired) electrons. The second-order valence-corrected chi connectivity index (χ2v) is 7.53. The van der Waals surface area contributed by atoms with E-state index in [1.54, 1.807) is 48.1 Å². The fourth-order valence-corrected chi connectivity index (χ4v) is 3.74. The molecule has 1 heterocycles. The molecule has 0 unspecified atom stereocenters. The molecular weight excluding hydrogens is 336 g/mol. The summed E-state index contributed by atoms with van der Waals surface area (Å²) in [5.74, 6) is 0.486. The highest BCUT2D eigenvalue weighted by molar-refractivity contribution is 7.92. The number of hydrogen-bond acceptors (Lipinski definition) is 4. The van der Waals surface area contributed by atoms with Crippen LogP contribution >= 0.6 is 0 Å². The second-order valence-electron chi connectivity index (χ2n) is 5.56. The zero-order valence-corrected chi connectivity index (χ0v) is 14.9. The lowest BCUT2D eigenvalue weighted by Gasteiger charge is -2.20. The van der Waals surface area contributed by atoms with Gasteiger partial charge in [-0.3, -0.25) is 4.31 Å². The molecule has 130 valence electrons. The summed E-state index contributed by atoms with van der Waals surface area (Å²) in [6, 6.07) is 19.6. The molecule has 7 heteroatoms. The fourth-order valence-electron chi connectivity index (χ4n) is 2.54. The molecule has 6 nitrogen and oxygen atoms in total. The number of aromatic nitrogens is 2. The van der Waals surface area contributed by atoms with Crippen molar-refractivity contribution in [3.8, 4) is 5.69 Å². The molecule has 0 spiro atoms. The van der Waals surface area contributed by atoms with Crippen LogP contribution in [-0.4, -0.2) is 32.3 Å². The van der Waals surface area contributed by atoms with E-state index >= 15 is 0 Å². The Morgan fingerprint density at radius 2 is 1.64 bits per heavy atom. The minimum Gasteiger partial charge on any atom is -0.314 e. The third-order valence-electron chi connectivity index (χ3n) is 3.82. The molecule has 0 saturated heterocycles. The third-order valence-corrected chi connectivity index (χ3v) is 5.60. The summed E-state index contributed by atoms with van der Waals surface area (Å²) < 4.78 is 28.8. The minimum absolute atomic E-state index is 0.244. The molecule has 3 rings (SSSR count). The van der Waals surface area contributed by atoms with Crippen molar-refractivity contribution in [3.63, 3.8) is 0 Å². The summed E-state index contributed by atoms with van der Waals surface area (Å²) in [7, 11) is -0.303. The van der Waals surface area contributed by atoms with E-state index in [1.165, 1.54) is 4.31 Å². The Balaban J connectivity index is 2.09. The third kappa shape index (κ3) is 3.42. The molecule has 25 heavy (non-hydrogen) atoms. The molecule has 0 aliphatic heterocycles. The summed E-state index contributed by atoms with van der Waals surface area (Å²) in [5, 5.41) is 7.59. The summed E-state index contributed by atoms with van der Waals surface area (Å²) in [6.45, 7) is 0.548. The number of nitrogens with zero attached hydrogens (tertiary/aromatic N) is 3. The van der Waals surface area contributed by atoms with Gasteiger partial charge in [-0.1, -0.05) is 36.4 Å². The fraction of sp³-hybridized carbons (Fsp3) is 0.167. The SMILES string of the molecule is CNCc1cc(N(C)S(=O)(=O)c2ccccc2)n(-c2ccccc2)n1. The van der Waals surface area contributed by atoms with Gasteiger partial charge in [0.1, 0.15) is 5.82 Å². The highest BCUT2D eigenvalue weighted by Crippen LogP contribution is 2.25. The van der Waals surface area contributed by atoms with E-state index in [1.807, 2.05) is 37.4 Å². The zero-order valence-electron chi connectivity index (χ0n) is 14.1. The maximum absolute atomic E-state index is 13.0. The van der Waals surface area contributed by atoms with E-state index in [-0.39, 0.29) is 4.90 Å². The smallest absolute Gasteiger partial charge is 0.265 e. The molecular formula is C18H20N4O2S. The molecule has 0 atom stereocenters. The first-order valence-electron chi connectivity index (χ1n) is 7.87. The van der Waals surface area contributed by atoms with Gasteiger partial charge in [0.05, 0.1) is 16.3 Å². The lowest BCUT2D eigenvalue weighted by Crippen LogP contribution is -2.28. The van der Waals surface area contributed by atoms with E-state index in [2.05, 4.69) is 10.4 Å². The van der Waals surface area contributed by atoms with E-state index in [0.29, 0.717) is 12.4 Å². The van der Waals surface area contributed by atoms with E-state index in [4.69, 9.17) is 0 Å². The van der Waals surface area contributed by atoms with Gasteiger partial charge < -0.3 is 5.32 Å². The molecule has 1 aromatic heterocycles. The Kier molecular flexibility index (Phi) is 4.87. The van der Waals surface area contributed by atoms with Gasteiger partial charge in [-0.15, -0.1) is 0 Å². The number of rotatable bonds is 6. The highest BCUT2D eigenvalue weighted by atomic mass is 32.2. The van der Waals surface area contributed by atoms with Crippen LogP contribution in [0.5, 0.6) is 0 Å². The van der Waals surface area contributed by atoms with E-state index in [9.17, 15) is 8.42 Å². The van der Waals surface area contributed by atoms with E-state index < -0.39 is 10.0 Å². The van der Waals surface area contributed by atoms with Crippen LogP contribution in [0.3, 0.4) is 0 Å². The highest BCUT2D eigenvalue weighted by Gasteiger charge is 2.25. The molecule has 0 aliphatic rings. The summed E-state index contributed by atoms with van der Waals surface area (Å²) in [5.41, 5.74) is 1.56. The van der Waals surface area contributed by atoms with Crippen molar-refractivity contribution in [2.75, 3.05) is 18.4 Å². The van der Waals surface area contributed by atoms with Crippen molar-refractivity contribution in [2.45, 2.75) is 11.4 Å². The monoisotopic (exact) mass is 356 g/mol. The molecule has 3 aromatic rings. The van der Waals surface area contributed by atoms with Gasteiger partial charge in [-0.05, 0) is 31.3 Å². The van der Waals surface area contributed by atoms with Crippen LogP contribution < -0.4 is 9.62 Å². The van der Waals surface area contributed by atoms with Gasteiger partial charge in [-0.2, -0.15) is 5.10 Å². The van der Waals surface area contributed by atoms with Crippen molar-refractivity contribution >= 4 is 15.8 Å². The zero-order chi connectivity index (χ0) is 17.9. The first-order chi connectivity index (χ1) is 12.0. The Morgan fingerprint density at radius 1 is 1.04 bits per heavy atom. The normalized spacial score (nSPS) is 11.4. The topological polar surface area (TPSA) is 67.2 Å². The van der Waals surface area contributed by atoms with Gasteiger partial charge >= 0.3 is 0 Å². The molecule has 0 amide bonds. The first kappa shape index (κ1) is 17.2. The van der Waals surface area contributed by atoms with Crippen molar-refractivity contribution in [2.24, 2.45) is 0 Å². The molecule has 1 N–H and O–H groups in total. The Bertz CT molecular complexity index is 938. The lowest BCUT2D eigenvalue weighted by molar-refractivity contribution is 0.593. The number of hydrogen-bond donors (Lipinski definition) is 1. The molecule has 2 aromatic carbocycles. The first-order valence-corrected chi connectivity index (χ1v) is 9.31. The average molecular weight is 356 g/mol.